The van der Waals surface area contributed by atoms with Gasteiger partial charge in [-0.1, -0.05) is 47.2 Å². The van der Waals surface area contributed by atoms with Gasteiger partial charge in [0.05, 0.1) is 27.3 Å². The van der Waals surface area contributed by atoms with Crippen molar-refractivity contribution in [1.29, 1.82) is 0 Å². The molecule has 2 aromatic rings. The van der Waals surface area contributed by atoms with Crippen molar-refractivity contribution in [2.24, 2.45) is 5.10 Å². The van der Waals surface area contributed by atoms with E-state index in [9.17, 15) is 10.0 Å². The van der Waals surface area contributed by atoms with Crippen molar-refractivity contribution in [1.82, 2.24) is 10.1 Å². The Hall–Kier alpha value is -1.78. The van der Waals surface area contributed by atoms with Crippen molar-refractivity contribution < 1.29 is 14.4 Å². The predicted octanol–water partition coefficient (Wildman–Crippen LogP) is 5.28. The highest BCUT2D eigenvalue weighted by molar-refractivity contribution is 8.24. The number of thioether (sulfide) groups is 1. The second kappa shape index (κ2) is 8.30. The number of nitrogens with zero attached hydrogens (tertiary/aromatic N) is 3. The molecule has 0 saturated carbocycles. The van der Waals surface area contributed by atoms with Crippen LogP contribution in [-0.4, -0.2) is 42.8 Å². The van der Waals surface area contributed by atoms with Gasteiger partial charge in [-0.15, -0.1) is 0 Å². The van der Waals surface area contributed by atoms with Crippen LogP contribution < -0.4 is 5.32 Å². The van der Waals surface area contributed by atoms with E-state index in [-0.39, 0.29) is 5.02 Å². The largest absolute Gasteiger partial charge is 0.463 e. The number of anilines is 1. The van der Waals surface area contributed by atoms with Gasteiger partial charge in [0, 0.05) is 5.69 Å². The summed E-state index contributed by atoms with van der Waals surface area (Å²) in [5.74, 6) is 0.515. The van der Waals surface area contributed by atoms with Crippen LogP contribution in [0.25, 0.3) is 0 Å². The molecule has 0 spiro atoms. The number of amides is 2. The van der Waals surface area contributed by atoms with Gasteiger partial charge >= 0.3 is 6.03 Å². The quantitative estimate of drug-likeness (QED) is 0.280. The fourth-order valence-electron chi connectivity index (χ4n) is 2.58. The van der Waals surface area contributed by atoms with Gasteiger partial charge in [-0.05, 0) is 44.2 Å². The first-order valence-corrected chi connectivity index (χ1v) is 10.0. The number of benzene rings is 1. The molecule has 7 nitrogen and oxygen atoms in total. The zero-order chi connectivity index (χ0) is 20.5. The van der Waals surface area contributed by atoms with Crippen LogP contribution in [0.2, 0.25) is 10.0 Å². The van der Waals surface area contributed by atoms with Gasteiger partial charge in [-0.25, -0.2) is 9.80 Å². The average molecular weight is 459 g/mol. The van der Waals surface area contributed by atoms with E-state index in [0.29, 0.717) is 25.9 Å². The smallest absolute Gasteiger partial charge is 0.347 e. The van der Waals surface area contributed by atoms with Crippen molar-refractivity contribution in [2.45, 2.75) is 24.8 Å². The lowest BCUT2D eigenvalue weighted by Crippen LogP contribution is -2.54. The summed E-state index contributed by atoms with van der Waals surface area (Å²) in [5, 5.41) is 20.1. The van der Waals surface area contributed by atoms with Crippen molar-refractivity contribution in [2.75, 3.05) is 5.32 Å². The van der Waals surface area contributed by atoms with E-state index < -0.39 is 16.9 Å². The van der Waals surface area contributed by atoms with Crippen LogP contribution in [0.3, 0.4) is 0 Å². The van der Waals surface area contributed by atoms with E-state index in [1.807, 2.05) is 13.8 Å². The average Bonchev–Trinajstić information content (AvgIpc) is 3.21. The monoisotopic (exact) mass is 458 g/mol. The SMILES string of the molecule is CC1(C)SC(=S)N(N=Cc2ccco2)C1N(O)C(=O)Nc1ccc(Cl)c(Cl)c1. The minimum Gasteiger partial charge on any atom is -0.463 e. The lowest BCUT2D eigenvalue weighted by molar-refractivity contribution is -0.114. The zero-order valence-corrected chi connectivity index (χ0v) is 17.9. The number of hydrazone groups is 1. The Labute approximate surface area is 181 Å². The number of halogens is 2. The highest BCUT2D eigenvalue weighted by Gasteiger charge is 2.50. The van der Waals surface area contributed by atoms with E-state index in [0.717, 1.165) is 0 Å². The predicted molar refractivity (Wildman–Crippen MR) is 115 cm³/mol. The Morgan fingerprint density at radius 3 is 2.82 bits per heavy atom. The number of carbonyl (C=O) groups excluding carboxylic acids is 1. The van der Waals surface area contributed by atoms with Gasteiger partial charge < -0.3 is 9.73 Å². The standard InChI is InChI=1S/C17H16Cl2N4O3S2/c1-17(2)14(22(16(27)28-17)20-9-11-4-3-7-26-11)23(25)15(24)21-10-5-6-12(18)13(19)8-10/h3-9,14,25H,1-2H3,(H,21,24). The minimum absolute atomic E-state index is 0.284. The molecule has 2 amide bonds. The maximum atomic E-state index is 12.6. The number of hydroxylamine groups is 2. The van der Waals surface area contributed by atoms with Crippen LogP contribution in [0.5, 0.6) is 0 Å². The summed E-state index contributed by atoms with van der Waals surface area (Å²) in [5.41, 5.74) is 0.384. The molecule has 0 bridgehead atoms. The third-order valence-electron chi connectivity index (χ3n) is 3.85. The first-order chi connectivity index (χ1) is 13.2. The molecule has 1 unspecified atom stereocenters. The number of nitrogens with one attached hydrogen (secondary N) is 1. The van der Waals surface area contributed by atoms with Crippen LogP contribution in [-0.2, 0) is 0 Å². The lowest BCUT2D eigenvalue weighted by atomic mass is 10.1. The normalized spacial score (nSPS) is 18.7. The second-order valence-corrected chi connectivity index (χ2v) is 9.46. The fraction of sp³-hybridized carbons (Fsp3) is 0.235. The van der Waals surface area contributed by atoms with Crippen molar-refractivity contribution in [3.63, 3.8) is 0 Å². The van der Waals surface area contributed by atoms with E-state index in [1.165, 1.54) is 35.3 Å². The highest BCUT2D eigenvalue weighted by Crippen LogP contribution is 2.42. The number of urea groups is 1. The molecule has 28 heavy (non-hydrogen) atoms. The molecule has 3 rings (SSSR count). The molecule has 1 aromatic carbocycles. The summed E-state index contributed by atoms with van der Waals surface area (Å²) in [6, 6.07) is 7.30. The molecule has 2 N–H and O–H groups in total. The summed E-state index contributed by atoms with van der Waals surface area (Å²) in [6.45, 7) is 3.71. The molecule has 1 fully saturated rings. The fourth-order valence-corrected chi connectivity index (χ4v) is 4.66. The molecule has 1 aliphatic heterocycles. The summed E-state index contributed by atoms with van der Waals surface area (Å²) >= 11 is 18.5. The first kappa shape index (κ1) is 20.9. The van der Waals surface area contributed by atoms with Gasteiger partial charge in [-0.3, -0.25) is 5.21 Å². The molecule has 148 valence electrons. The lowest BCUT2D eigenvalue weighted by Gasteiger charge is -2.34. The van der Waals surface area contributed by atoms with Crippen molar-refractivity contribution in [3.05, 3.63) is 52.4 Å². The summed E-state index contributed by atoms with van der Waals surface area (Å²) in [6.07, 6.45) is 2.13. The first-order valence-electron chi connectivity index (χ1n) is 8.03. The topological polar surface area (TPSA) is 81.3 Å². The molecule has 2 heterocycles. The Morgan fingerprint density at radius 1 is 1.43 bits per heavy atom. The third-order valence-corrected chi connectivity index (χ3v) is 6.13. The van der Waals surface area contributed by atoms with E-state index >= 15 is 0 Å². The van der Waals surface area contributed by atoms with Gasteiger partial charge in [0.1, 0.15) is 5.76 Å². The maximum Gasteiger partial charge on any atom is 0.347 e. The number of hydrogen-bond donors (Lipinski definition) is 2. The van der Waals surface area contributed by atoms with Crippen LogP contribution in [0.1, 0.15) is 19.6 Å². The van der Waals surface area contributed by atoms with Crippen LogP contribution >= 0.6 is 47.2 Å². The Morgan fingerprint density at radius 2 is 2.18 bits per heavy atom. The number of rotatable bonds is 4. The van der Waals surface area contributed by atoms with Gasteiger partial charge in [0.15, 0.2) is 10.5 Å². The van der Waals surface area contributed by atoms with Crippen molar-refractivity contribution >= 4 is 69.4 Å². The Kier molecular flexibility index (Phi) is 6.21. The third kappa shape index (κ3) is 4.44. The molecule has 1 aliphatic rings. The van der Waals surface area contributed by atoms with Crippen LogP contribution in [0.15, 0.2) is 46.1 Å². The van der Waals surface area contributed by atoms with Crippen LogP contribution in [0, 0.1) is 0 Å². The Balaban J connectivity index is 1.81. The molecule has 0 radical (unpaired) electrons. The molecule has 0 aliphatic carbocycles. The van der Waals surface area contributed by atoms with E-state index in [4.69, 9.17) is 39.8 Å². The van der Waals surface area contributed by atoms with Gasteiger partial charge in [0.2, 0.25) is 0 Å². The second-order valence-electron chi connectivity index (χ2n) is 6.35. The maximum absolute atomic E-state index is 12.6. The Bertz CT molecular complexity index is 921. The number of carbonyl (C=O) groups is 1. The van der Waals surface area contributed by atoms with Crippen molar-refractivity contribution in [3.8, 4) is 0 Å². The van der Waals surface area contributed by atoms with Gasteiger partial charge in [-0.2, -0.15) is 10.2 Å². The number of furan rings is 1. The molecular weight excluding hydrogens is 443 g/mol. The highest BCUT2D eigenvalue weighted by atomic mass is 35.5. The molecule has 1 saturated heterocycles. The molecular formula is C17H16Cl2N4O3S2. The summed E-state index contributed by atoms with van der Waals surface area (Å²) < 4.78 is 5.01. The number of thiocarbonyl (C=S) groups is 1. The summed E-state index contributed by atoms with van der Waals surface area (Å²) in [4.78, 5) is 12.6. The summed E-state index contributed by atoms with van der Waals surface area (Å²) in [7, 11) is 0. The molecule has 1 aromatic heterocycles. The van der Waals surface area contributed by atoms with Gasteiger partial charge in [0.25, 0.3) is 0 Å². The van der Waals surface area contributed by atoms with E-state index in [1.54, 1.807) is 24.3 Å². The number of hydrogen-bond acceptors (Lipinski definition) is 6. The zero-order valence-electron chi connectivity index (χ0n) is 14.8. The van der Waals surface area contributed by atoms with E-state index in [2.05, 4.69) is 10.4 Å². The van der Waals surface area contributed by atoms with Crippen LogP contribution in [0.4, 0.5) is 10.5 Å². The minimum atomic E-state index is -0.848. The molecule has 11 heteroatoms. The molecule has 1 atom stereocenters.